The quantitative estimate of drug-likeness (QED) is 0.210. The molecule has 0 atom stereocenters. The first-order chi connectivity index (χ1) is 14.1. The summed E-state index contributed by atoms with van der Waals surface area (Å²) >= 11 is 0. The van der Waals surface area contributed by atoms with E-state index in [0.29, 0.717) is 11.0 Å². The number of phenols is 1. The van der Waals surface area contributed by atoms with Gasteiger partial charge in [0.1, 0.15) is 28.1 Å². The number of carbonyl (C=O) groups is 1. The average molecular weight is 383 g/mol. The standard InChI is InChI=1S/C23H13NO5/c25-18-10-15(28-23(27)14-5-3-9-24-12-14)11-19-20(18)21(26)17-8-7-13-4-1-2-6-16(13)22(17)29-19/h1-12,25H. The monoisotopic (exact) mass is 383 g/mol. The van der Waals surface area contributed by atoms with Crippen LogP contribution in [0.3, 0.4) is 0 Å². The number of aromatic hydroxyl groups is 1. The fourth-order valence-corrected chi connectivity index (χ4v) is 3.37. The fraction of sp³-hybridized carbons (Fsp3) is 0. The third-order valence-corrected chi connectivity index (χ3v) is 4.73. The molecule has 0 aliphatic heterocycles. The zero-order valence-corrected chi connectivity index (χ0v) is 15.0. The van der Waals surface area contributed by atoms with Crippen molar-refractivity contribution in [1.82, 2.24) is 4.98 Å². The minimum Gasteiger partial charge on any atom is -0.507 e. The smallest absolute Gasteiger partial charge is 0.345 e. The van der Waals surface area contributed by atoms with Crippen molar-refractivity contribution in [2.24, 2.45) is 0 Å². The molecule has 2 aromatic heterocycles. The predicted octanol–water partition coefficient (Wildman–Crippen LogP) is 4.42. The van der Waals surface area contributed by atoms with E-state index >= 15 is 0 Å². The van der Waals surface area contributed by atoms with Crippen molar-refractivity contribution in [3.63, 3.8) is 0 Å². The second-order valence-corrected chi connectivity index (χ2v) is 6.54. The van der Waals surface area contributed by atoms with Crippen LogP contribution in [0.25, 0.3) is 32.7 Å². The Labute approximate surface area is 163 Å². The fourth-order valence-electron chi connectivity index (χ4n) is 3.37. The molecule has 0 radical (unpaired) electrons. The van der Waals surface area contributed by atoms with Crippen LogP contribution >= 0.6 is 0 Å². The van der Waals surface area contributed by atoms with Crippen LogP contribution in [0.5, 0.6) is 11.5 Å². The van der Waals surface area contributed by atoms with Crippen LogP contribution in [0.15, 0.2) is 82.3 Å². The first kappa shape index (κ1) is 16.9. The minimum absolute atomic E-state index is 0.0361. The van der Waals surface area contributed by atoms with Gasteiger partial charge in [-0.1, -0.05) is 30.3 Å². The molecule has 2 heterocycles. The molecule has 29 heavy (non-hydrogen) atoms. The minimum atomic E-state index is -0.634. The number of nitrogens with zero attached hydrogens (tertiary/aromatic N) is 1. The number of pyridine rings is 1. The number of phenolic OH excluding ortho intramolecular Hbond substituents is 1. The van der Waals surface area contributed by atoms with Gasteiger partial charge in [0.05, 0.1) is 10.9 Å². The predicted molar refractivity (Wildman–Crippen MR) is 108 cm³/mol. The highest BCUT2D eigenvalue weighted by atomic mass is 16.5. The van der Waals surface area contributed by atoms with Crippen molar-refractivity contribution in [3.8, 4) is 11.5 Å². The van der Waals surface area contributed by atoms with Gasteiger partial charge in [-0.15, -0.1) is 0 Å². The molecule has 6 heteroatoms. The Bertz CT molecular complexity index is 1470. The maximum atomic E-state index is 13.0. The van der Waals surface area contributed by atoms with Gasteiger partial charge in [-0.2, -0.15) is 0 Å². The van der Waals surface area contributed by atoms with E-state index in [2.05, 4.69) is 4.98 Å². The summed E-state index contributed by atoms with van der Waals surface area (Å²) in [6.45, 7) is 0. The highest BCUT2D eigenvalue weighted by Gasteiger charge is 2.17. The van der Waals surface area contributed by atoms with Gasteiger partial charge in [-0.05, 0) is 23.6 Å². The molecular formula is C23H13NO5. The largest absolute Gasteiger partial charge is 0.507 e. The van der Waals surface area contributed by atoms with E-state index in [1.807, 2.05) is 30.3 Å². The summed E-state index contributed by atoms with van der Waals surface area (Å²) in [4.78, 5) is 29.1. The zero-order valence-electron chi connectivity index (χ0n) is 15.0. The summed E-state index contributed by atoms with van der Waals surface area (Å²) in [5.41, 5.74) is 0.455. The highest BCUT2D eigenvalue weighted by molar-refractivity contribution is 6.07. The molecule has 6 nitrogen and oxygen atoms in total. The van der Waals surface area contributed by atoms with Gasteiger partial charge in [0.2, 0.25) is 5.43 Å². The Balaban J connectivity index is 1.71. The van der Waals surface area contributed by atoms with Gasteiger partial charge in [-0.3, -0.25) is 9.78 Å². The van der Waals surface area contributed by atoms with Crippen LogP contribution in [-0.2, 0) is 0 Å². The van der Waals surface area contributed by atoms with E-state index in [0.717, 1.165) is 10.8 Å². The molecule has 0 aliphatic carbocycles. The van der Waals surface area contributed by atoms with Gasteiger partial charge in [-0.25, -0.2) is 4.79 Å². The van der Waals surface area contributed by atoms with Crippen molar-refractivity contribution >= 4 is 38.7 Å². The molecule has 0 saturated heterocycles. The molecule has 5 rings (SSSR count). The number of rotatable bonds is 2. The molecule has 0 saturated carbocycles. The van der Waals surface area contributed by atoms with Crippen LogP contribution in [0.4, 0.5) is 0 Å². The molecule has 0 spiro atoms. The lowest BCUT2D eigenvalue weighted by molar-refractivity contribution is 0.0734. The third kappa shape index (κ3) is 2.78. The van der Waals surface area contributed by atoms with E-state index in [9.17, 15) is 14.7 Å². The van der Waals surface area contributed by atoms with Crippen molar-refractivity contribution in [2.75, 3.05) is 0 Å². The highest BCUT2D eigenvalue weighted by Crippen LogP contribution is 2.33. The van der Waals surface area contributed by atoms with E-state index in [1.54, 1.807) is 24.4 Å². The molecule has 1 N–H and O–H groups in total. The number of ether oxygens (including phenoxy) is 1. The summed E-state index contributed by atoms with van der Waals surface area (Å²) in [6.07, 6.45) is 2.92. The van der Waals surface area contributed by atoms with Crippen LogP contribution in [0.2, 0.25) is 0 Å². The second-order valence-electron chi connectivity index (χ2n) is 6.54. The SMILES string of the molecule is O=C(Oc1cc(O)c2c(=O)c3ccc4ccccc4c3oc2c1)c1cccnc1. The Morgan fingerprint density at radius 3 is 2.69 bits per heavy atom. The van der Waals surface area contributed by atoms with Crippen LogP contribution in [-0.4, -0.2) is 16.1 Å². The van der Waals surface area contributed by atoms with Gasteiger partial charge < -0.3 is 14.3 Å². The molecule has 3 aromatic carbocycles. The van der Waals surface area contributed by atoms with Crippen molar-refractivity contribution in [3.05, 3.63) is 88.8 Å². The average Bonchev–Trinajstić information content (AvgIpc) is 2.74. The summed E-state index contributed by atoms with van der Waals surface area (Å²) in [6, 6.07) is 16.9. The second kappa shape index (κ2) is 6.45. The summed E-state index contributed by atoms with van der Waals surface area (Å²) < 4.78 is 11.3. The first-order valence-corrected chi connectivity index (χ1v) is 8.85. The Hall–Kier alpha value is -4.19. The lowest BCUT2D eigenvalue weighted by Crippen LogP contribution is -2.09. The Morgan fingerprint density at radius 2 is 1.86 bits per heavy atom. The van der Waals surface area contributed by atoms with Gasteiger partial charge in [0, 0.05) is 29.9 Å². The molecule has 0 unspecified atom stereocenters. The van der Waals surface area contributed by atoms with Gasteiger partial charge in [0.25, 0.3) is 0 Å². The van der Waals surface area contributed by atoms with Gasteiger partial charge >= 0.3 is 5.97 Å². The maximum absolute atomic E-state index is 13.0. The number of esters is 1. The molecular weight excluding hydrogens is 370 g/mol. The lowest BCUT2D eigenvalue weighted by Gasteiger charge is -2.09. The molecule has 140 valence electrons. The maximum Gasteiger partial charge on any atom is 0.345 e. The van der Waals surface area contributed by atoms with Crippen molar-refractivity contribution in [2.45, 2.75) is 0 Å². The topological polar surface area (TPSA) is 89.6 Å². The molecule has 0 aliphatic rings. The van der Waals surface area contributed by atoms with E-state index in [1.165, 1.54) is 18.3 Å². The molecule has 5 aromatic rings. The number of fused-ring (bicyclic) bond motifs is 4. The summed E-state index contributed by atoms with van der Waals surface area (Å²) in [7, 11) is 0. The number of carbonyl (C=O) groups excluding carboxylic acids is 1. The van der Waals surface area contributed by atoms with E-state index in [-0.39, 0.29) is 33.5 Å². The normalized spacial score (nSPS) is 11.2. The van der Waals surface area contributed by atoms with Crippen molar-refractivity contribution < 1.29 is 19.1 Å². The van der Waals surface area contributed by atoms with E-state index < -0.39 is 5.97 Å². The van der Waals surface area contributed by atoms with Gasteiger partial charge in [0.15, 0.2) is 0 Å². The van der Waals surface area contributed by atoms with Crippen molar-refractivity contribution in [1.29, 1.82) is 0 Å². The van der Waals surface area contributed by atoms with Crippen LogP contribution < -0.4 is 10.2 Å². The Morgan fingerprint density at radius 1 is 1.00 bits per heavy atom. The molecule has 0 bridgehead atoms. The number of benzene rings is 3. The number of hydrogen-bond donors (Lipinski definition) is 1. The summed E-state index contributed by atoms with van der Waals surface area (Å²) in [5.74, 6) is -0.891. The third-order valence-electron chi connectivity index (χ3n) is 4.73. The number of hydrogen-bond acceptors (Lipinski definition) is 6. The first-order valence-electron chi connectivity index (χ1n) is 8.85. The molecule has 0 amide bonds. The molecule has 0 fully saturated rings. The zero-order chi connectivity index (χ0) is 20.0. The lowest BCUT2D eigenvalue weighted by atomic mass is 10.1. The Kier molecular flexibility index (Phi) is 3.77. The van der Waals surface area contributed by atoms with E-state index in [4.69, 9.17) is 9.15 Å². The van der Waals surface area contributed by atoms with Crippen LogP contribution in [0.1, 0.15) is 10.4 Å². The van der Waals surface area contributed by atoms with Crippen LogP contribution in [0, 0.1) is 0 Å². The summed E-state index contributed by atoms with van der Waals surface area (Å²) in [5, 5.41) is 12.5. The number of aromatic nitrogens is 1.